The third-order valence-electron chi connectivity index (χ3n) is 3.89. The maximum Gasteiger partial charge on any atom is 0.263 e. The van der Waals surface area contributed by atoms with E-state index >= 15 is 0 Å². The molecule has 0 fully saturated rings. The minimum absolute atomic E-state index is 0.298. The number of oxime groups is 1. The minimum atomic E-state index is -0.675. The highest BCUT2D eigenvalue weighted by Gasteiger charge is 2.23. The summed E-state index contributed by atoms with van der Waals surface area (Å²) >= 11 is 1.54. The zero-order chi connectivity index (χ0) is 19.9. The van der Waals surface area contributed by atoms with E-state index in [9.17, 15) is 0 Å². The van der Waals surface area contributed by atoms with E-state index in [4.69, 9.17) is 18.7 Å². The van der Waals surface area contributed by atoms with Crippen LogP contribution in [0.1, 0.15) is 23.3 Å². The summed E-state index contributed by atoms with van der Waals surface area (Å²) in [5.41, 5.74) is 4.10. The number of methoxy groups -OCH3 is 1. The van der Waals surface area contributed by atoms with Crippen LogP contribution < -0.4 is 4.74 Å². The smallest absolute Gasteiger partial charge is 0.263 e. The van der Waals surface area contributed by atoms with Crippen molar-refractivity contribution in [2.45, 2.75) is 6.10 Å². The molecule has 0 amide bonds. The summed E-state index contributed by atoms with van der Waals surface area (Å²) in [6.07, 6.45) is 3.83. The molecule has 10 heteroatoms. The lowest BCUT2D eigenvalue weighted by molar-refractivity contribution is 0.0760. The quantitative estimate of drug-likeness (QED) is 0.235. The maximum atomic E-state index is 6.16. The Bertz CT molecular complexity index is 1080. The number of ether oxygens (including phenoxy) is 2. The van der Waals surface area contributed by atoms with Gasteiger partial charge in [-0.3, -0.25) is 4.98 Å². The monoisotopic (exact) mass is 411 g/mol. The third kappa shape index (κ3) is 4.73. The van der Waals surface area contributed by atoms with Crippen molar-refractivity contribution in [3.05, 3.63) is 65.6 Å². The second-order valence-corrected chi connectivity index (χ2v) is 6.72. The molecular formula is C19H17N5O4S. The Morgan fingerprint density at radius 1 is 1.21 bits per heavy atom. The van der Waals surface area contributed by atoms with Crippen molar-refractivity contribution in [3.63, 3.8) is 0 Å². The molecule has 1 unspecified atom stereocenters. The Kier molecular flexibility index (Phi) is 6.03. The Morgan fingerprint density at radius 3 is 3.03 bits per heavy atom. The highest BCUT2D eigenvalue weighted by atomic mass is 32.1. The molecule has 148 valence electrons. The lowest BCUT2D eigenvalue weighted by Crippen LogP contribution is -2.12. The molecule has 0 spiro atoms. The number of fused-ring (bicyclic) bond motifs is 1. The molecular weight excluding hydrogens is 394 g/mol. The van der Waals surface area contributed by atoms with E-state index in [0.29, 0.717) is 30.5 Å². The van der Waals surface area contributed by atoms with Crippen molar-refractivity contribution in [2.24, 2.45) is 5.16 Å². The van der Waals surface area contributed by atoms with Gasteiger partial charge in [0.2, 0.25) is 12.5 Å². The number of aromatic nitrogens is 4. The lowest BCUT2D eigenvalue weighted by Gasteiger charge is -2.15. The molecule has 9 nitrogen and oxygen atoms in total. The first-order valence-electron chi connectivity index (χ1n) is 8.69. The van der Waals surface area contributed by atoms with Gasteiger partial charge in [0.15, 0.2) is 0 Å². The average molecular weight is 411 g/mol. The maximum absolute atomic E-state index is 6.16. The molecule has 0 saturated carbocycles. The van der Waals surface area contributed by atoms with Gasteiger partial charge in [0.25, 0.3) is 5.89 Å². The normalized spacial score (nSPS) is 12.4. The fraction of sp³-hybridized carbons (Fsp3) is 0.211. The Morgan fingerprint density at radius 2 is 2.17 bits per heavy atom. The molecule has 0 aliphatic carbocycles. The van der Waals surface area contributed by atoms with Gasteiger partial charge in [0, 0.05) is 13.3 Å². The summed E-state index contributed by atoms with van der Waals surface area (Å²) in [7, 11) is 1.60. The van der Waals surface area contributed by atoms with Crippen LogP contribution in [0.3, 0.4) is 0 Å². The molecule has 29 heavy (non-hydrogen) atoms. The summed E-state index contributed by atoms with van der Waals surface area (Å²) in [6, 6.07) is 9.30. The van der Waals surface area contributed by atoms with Crippen LogP contribution in [0.4, 0.5) is 0 Å². The highest BCUT2D eigenvalue weighted by molar-refractivity contribution is 7.16. The molecule has 0 aliphatic heterocycles. The number of rotatable bonds is 9. The van der Waals surface area contributed by atoms with Crippen LogP contribution in [0.2, 0.25) is 0 Å². The van der Waals surface area contributed by atoms with Crippen LogP contribution in [-0.4, -0.2) is 46.7 Å². The fourth-order valence-electron chi connectivity index (χ4n) is 2.54. The zero-order valence-corrected chi connectivity index (χ0v) is 16.3. The van der Waals surface area contributed by atoms with Gasteiger partial charge in [-0.1, -0.05) is 5.16 Å². The van der Waals surface area contributed by atoms with E-state index in [0.717, 1.165) is 15.8 Å². The summed E-state index contributed by atoms with van der Waals surface area (Å²) in [6.45, 7) is 0.842. The van der Waals surface area contributed by atoms with E-state index in [1.54, 1.807) is 42.4 Å². The van der Waals surface area contributed by atoms with Gasteiger partial charge >= 0.3 is 0 Å². The number of hydrogen-bond acceptors (Lipinski definition) is 10. The molecule has 1 atom stereocenters. The Balaban J connectivity index is 1.58. The molecule has 0 aliphatic rings. The topological polar surface area (TPSA) is 105 Å². The highest BCUT2D eigenvalue weighted by Crippen LogP contribution is 2.29. The molecule has 0 radical (unpaired) electrons. The van der Waals surface area contributed by atoms with Crippen molar-refractivity contribution in [3.8, 4) is 5.75 Å². The first-order valence-corrected chi connectivity index (χ1v) is 9.57. The van der Waals surface area contributed by atoms with E-state index < -0.39 is 6.10 Å². The Hall–Kier alpha value is -3.37. The fourth-order valence-corrected chi connectivity index (χ4v) is 3.24. The number of nitrogens with zero attached hydrogens (tertiary/aromatic N) is 5. The SMILES string of the molecule is COCCO/N=C/c1ccnc(C(Oc2ccc3ncsc3c2)c2nnco2)c1. The lowest BCUT2D eigenvalue weighted by atomic mass is 10.1. The Labute approximate surface area is 170 Å². The van der Waals surface area contributed by atoms with Crippen molar-refractivity contribution < 1.29 is 18.7 Å². The third-order valence-corrected chi connectivity index (χ3v) is 4.68. The number of pyridine rings is 1. The van der Waals surface area contributed by atoms with Gasteiger partial charge in [-0.15, -0.1) is 21.5 Å². The molecule has 1 aromatic carbocycles. The zero-order valence-electron chi connectivity index (χ0n) is 15.5. The predicted octanol–water partition coefficient (Wildman–Crippen LogP) is 3.24. The van der Waals surface area contributed by atoms with E-state index in [1.165, 1.54) is 6.39 Å². The minimum Gasteiger partial charge on any atom is -0.474 e. The van der Waals surface area contributed by atoms with Crippen molar-refractivity contribution in [1.29, 1.82) is 0 Å². The second-order valence-electron chi connectivity index (χ2n) is 5.83. The van der Waals surface area contributed by atoms with Gasteiger partial charge in [-0.2, -0.15) is 0 Å². The van der Waals surface area contributed by atoms with Crippen molar-refractivity contribution in [2.75, 3.05) is 20.3 Å². The summed E-state index contributed by atoms with van der Waals surface area (Å²) < 4.78 is 17.5. The van der Waals surface area contributed by atoms with Gasteiger partial charge in [-0.25, -0.2) is 4.98 Å². The molecule has 0 saturated heterocycles. The number of benzene rings is 1. The van der Waals surface area contributed by atoms with Crippen LogP contribution in [-0.2, 0) is 9.57 Å². The summed E-state index contributed by atoms with van der Waals surface area (Å²) in [4.78, 5) is 13.8. The van der Waals surface area contributed by atoms with Crippen LogP contribution in [0.15, 0.2) is 58.0 Å². The van der Waals surface area contributed by atoms with E-state index in [2.05, 4.69) is 25.3 Å². The molecule has 3 heterocycles. The standard InChI is InChI=1S/C19H17N5O4S/c1-25-6-7-27-23-10-13-4-5-20-16(8-13)18(19-24-22-11-26-19)28-14-2-3-15-17(9-14)29-12-21-15/h2-5,8-12,18H,6-7H2,1H3/b23-10+. The van der Waals surface area contributed by atoms with Gasteiger partial charge < -0.3 is 18.7 Å². The summed E-state index contributed by atoms with van der Waals surface area (Å²) in [5.74, 6) is 0.945. The molecule has 4 rings (SSSR count). The van der Waals surface area contributed by atoms with Crippen LogP contribution in [0.5, 0.6) is 5.75 Å². The first kappa shape index (κ1) is 19.0. The molecule has 3 aromatic heterocycles. The molecule has 4 aromatic rings. The van der Waals surface area contributed by atoms with Crippen LogP contribution in [0.25, 0.3) is 10.2 Å². The number of thiazole rings is 1. The van der Waals surface area contributed by atoms with Crippen LogP contribution in [0, 0.1) is 0 Å². The average Bonchev–Trinajstić information content (AvgIpc) is 3.44. The van der Waals surface area contributed by atoms with Crippen molar-refractivity contribution >= 4 is 27.8 Å². The second kappa shape index (κ2) is 9.22. The molecule has 0 N–H and O–H groups in total. The van der Waals surface area contributed by atoms with E-state index in [-0.39, 0.29) is 0 Å². The van der Waals surface area contributed by atoms with Gasteiger partial charge in [-0.05, 0) is 35.9 Å². The van der Waals surface area contributed by atoms with Gasteiger partial charge in [0.1, 0.15) is 12.4 Å². The van der Waals surface area contributed by atoms with Crippen molar-refractivity contribution in [1.82, 2.24) is 20.2 Å². The van der Waals surface area contributed by atoms with E-state index in [1.807, 2.05) is 24.3 Å². The van der Waals surface area contributed by atoms with Gasteiger partial charge in [0.05, 0.1) is 34.2 Å². The summed E-state index contributed by atoms with van der Waals surface area (Å²) in [5, 5.41) is 11.7. The number of hydrogen-bond donors (Lipinski definition) is 0. The largest absolute Gasteiger partial charge is 0.474 e. The molecule has 0 bridgehead atoms. The predicted molar refractivity (Wildman–Crippen MR) is 106 cm³/mol. The first-order chi connectivity index (χ1) is 14.3. The van der Waals surface area contributed by atoms with Crippen LogP contribution >= 0.6 is 11.3 Å².